The van der Waals surface area contributed by atoms with E-state index >= 15 is 0 Å². The highest BCUT2D eigenvalue weighted by atomic mass is 35.5. The van der Waals surface area contributed by atoms with Crippen LogP contribution in [0.15, 0.2) is 42.5 Å². The van der Waals surface area contributed by atoms with E-state index in [2.05, 4.69) is 10.3 Å². The molecular weight excluding hydrogens is 262 g/mol. The molecular formula is C14H14ClN3O. The van der Waals surface area contributed by atoms with Crippen LogP contribution < -0.4 is 11.1 Å². The van der Waals surface area contributed by atoms with E-state index in [0.717, 1.165) is 5.56 Å². The first-order valence-corrected chi connectivity index (χ1v) is 6.23. The number of pyridine rings is 1. The van der Waals surface area contributed by atoms with Crippen LogP contribution >= 0.6 is 11.6 Å². The normalized spacial score (nSPS) is 11.9. The summed E-state index contributed by atoms with van der Waals surface area (Å²) in [6.45, 7) is 1.87. The molecule has 5 heteroatoms. The number of halogens is 1. The van der Waals surface area contributed by atoms with Crippen LogP contribution in [0.1, 0.15) is 29.0 Å². The highest BCUT2D eigenvalue weighted by Crippen LogP contribution is 2.22. The van der Waals surface area contributed by atoms with E-state index in [1.54, 1.807) is 24.3 Å². The maximum Gasteiger partial charge on any atom is 0.270 e. The minimum Gasteiger partial charge on any atom is -0.384 e. The molecule has 1 amide bonds. The lowest BCUT2D eigenvalue weighted by molar-refractivity contribution is 0.0935. The van der Waals surface area contributed by atoms with Crippen molar-refractivity contribution in [3.63, 3.8) is 0 Å². The van der Waals surface area contributed by atoms with Crippen molar-refractivity contribution in [2.75, 3.05) is 5.73 Å². The van der Waals surface area contributed by atoms with Crippen LogP contribution in [-0.2, 0) is 0 Å². The number of anilines is 1. The van der Waals surface area contributed by atoms with E-state index in [1.165, 1.54) is 0 Å². The first kappa shape index (κ1) is 13.4. The molecule has 1 unspecified atom stereocenters. The molecule has 0 aliphatic rings. The number of benzene rings is 1. The predicted octanol–water partition coefficient (Wildman–Crippen LogP) is 2.81. The highest BCUT2D eigenvalue weighted by Gasteiger charge is 2.14. The van der Waals surface area contributed by atoms with Crippen molar-refractivity contribution < 1.29 is 4.79 Å². The summed E-state index contributed by atoms with van der Waals surface area (Å²) in [6.07, 6.45) is 0. The number of carbonyl (C=O) groups is 1. The molecule has 1 heterocycles. The number of carbonyl (C=O) groups excluding carboxylic acids is 1. The maximum atomic E-state index is 12.0. The molecule has 0 spiro atoms. The molecule has 0 radical (unpaired) electrons. The molecule has 0 fully saturated rings. The average molecular weight is 276 g/mol. The van der Waals surface area contributed by atoms with Crippen molar-refractivity contribution in [2.45, 2.75) is 13.0 Å². The molecule has 4 nitrogen and oxygen atoms in total. The molecule has 0 aliphatic carbocycles. The first-order chi connectivity index (χ1) is 9.08. The summed E-state index contributed by atoms with van der Waals surface area (Å²) in [7, 11) is 0. The summed E-state index contributed by atoms with van der Waals surface area (Å²) in [4.78, 5) is 16.0. The van der Waals surface area contributed by atoms with Crippen molar-refractivity contribution in [1.82, 2.24) is 10.3 Å². The summed E-state index contributed by atoms with van der Waals surface area (Å²) in [5.41, 5.74) is 6.70. The van der Waals surface area contributed by atoms with Crippen LogP contribution in [-0.4, -0.2) is 10.9 Å². The molecule has 0 saturated carbocycles. The van der Waals surface area contributed by atoms with E-state index < -0.39 is 0 Å². The SMILES string of the molecule is CC(NC(=O)c1cccc(N)n1)c1ccccc1Cl. The summed E-state index contributed by atoms with van der Waals surface area (Å²) >= 11 is 6.09. The molecule has 1 aromatic carbocycles. The Labute approximate surface area is 116 Å². The second kappa shape index (κ2) is 5.71. The predicted molar refractivity (Wildman–Crippen MR) is 76.0 cm³/mol. The van der Waals surface area contributed by atoms with Crippen LogP contribution in [0.3, 0.4) is 0 Å². The van der Waals surface area contributed by atoms with Crippen molar-refractivity contribution >= 4 is 23.3 Å². The lowest BCUT2D eigenvalue weighted by Crippen LogP contribution is -2.27. The van der Waals surface area contributed by atoms with Gasteiger partial charge in [-0.05, 0) is 30.7 Å². The number of amides is 1. The van der Waals surface area contributed by atoms with E-state index in [0.29, 0.717) is 16.5 Å². The quantitative estimate of drug-likeness (QED) is 0.905. The van der Waals surface area contributed by atoms with Gasteiger partial charge in [-0.3, -0.25) is 4.79 Å². The van der Waals surface area contributed by atoms with Crippen molar-refractivity contribution in [2.24, 2.45) is 0 Å². The number of nitrogen functional groups attached to an aromatic ring is 1. The highest BCUT2D eigenvalue weighted by molar-refractivity contribution is 6.31. The van der Waals surface area contributed by atoms with Gasteiger partial charge >= 0.3 is 0 Å². The maximum absolute atomic E-state index is 12.0. The van der Waals surface area contributed by atoms with Crippen LogP contribution in [0.4, 0.5) is 5.82 Å². The molecule has 2 rings (SSSR count). The Morgan fingerprint density at radius 3 is 2.68 bits per heavy atom. The van der Waals surface area contributed by atoms with Gasteiger partial charge in [0.05, 0.1) is 6.04 Å². The van der Waals surface area contributed by atoms with Gasteiger partial charge in [0, 0.05) is 5.02 Å². The Kier molecular flexibility index (Phi) is 4.02. The van der Waals surface area contributed by atoms with Gasteiger partial charge in [-0.1, -0.05) is 35.9 Å². The molecule has 1 aromatic heterocycles. The fraction of sp³-hybridized carbons (Fsp3) is 0.143. The lowest BCUT2D eigenvalue weighted by Gasteiger charge is -2.15. The smallest absolute Gasteiger partial charge is 0.270 e. The fourth-order valence-electron chi connectivity index (χ4n) is 1.75. The second-order valence-corrected chi connectivity index (χ2v) is 4.57. The van der Waals surface area contributed by atoms with Gasteiger partial charge in [-0.2, -0.15) is 0 Å². The van der Waals surface area contributed by atoms with Crippen LogP contribution in [0, 0.1) is 0 Å². The van der Waals surface area contributed by atoms with Crippen molar-refractivity contribution in [3.05, 3.63) is 58.7 Å². The van der Waals surface area contributed by atoms with Crippen LogP contribution in [0.2, 0.25) is 5.02 Å². The summed E-state index contributed by atoms with van der Waals surface area (Å²) in [5.74, 6) is 0.0396. The number of nitrogens with one attached hydrogen (secondary N) is 1. The van der Waals surface area contributed by atoms with Gasteiger partial charge in [0.25, 0.3) is 5.91 Å². The van der Waals surface area contributed by atoms with Gasteiger partial charge in [-0.15, -0.1) is 0 Å². The summed E-state index contributed by atoms with van der Waals surface area (Å²) < 4.78 is 0. The summed E-state index contributed by atoms with van der Waals surface area (Å²) in [5, 5.41) is 3.46. The zero-order valence-corrected chi connectivity index (χ0v) is 11.2. The van der Waals surface area contributed by atoms with Crippen LogP contribution in [0.25, 0.3) is 0 Å². The molecule has 19 heavy (non-hydrogen) atoms. The van der Waals surface area contributed by atoms with E-state index in [4.69, 9.17) is 17.3 Å². The topological polar surface area (TPSA) is 68.0 Å². The Hall–Kier alpha value is -2.07. The molecule has 3 N–H and O–H groups in total. The van der Waals surface area contributed by atoms with E-state index in [-0.39, 0.29) is 11.9 Å². The zero-order chi connectivity index (χ0) is 13.8. The Bertz CT molecular complexity index is 601. The van der Waals surface area contributed by atoms with Gasteiger partial charge in [0.1, 0.15) is 11.5 Å². The Morgan fingerprint density at radius 1 is 1.26 bits per heavy atom. The average Bonchev–Trinajstić information content (AvgIpc) is 2.39. The molecule has 1 atom stereocenters. The monoisotopic (exact) mass is 275 g/mol. The standard InChI is InChI=1S/C14H14ClN3O/c1-9(10-5-2-3-6-11(10)15)17-14(19)12-7-4-8-13(16)18-12/h2-9H,1H3,(H2,16,18)(H,17,19). The van der Waals surface area contributed by atoms with Crippen molar-refractivity contribution in [1.29, 1.82) is 0 Å². The number of hydrogen-bond donors (Lipinski definition) is 2. The molecule has 0 bridgehead atoms. The van der Waals surface area contributed by atoms with Gasteiger partial charge in [-0.25, -0.2) is 4.98 Å². The van der Waals surface area contributed by atoms with Crippen LogP contribution in [0.5, 0.6) is 0 Å². The molecule has 0 aliphatic heterocycles. The number of rotatable bonds is 3. The third kappa shape index (κ3) is 3.23. The lowest BCUT2D eigenvalue weighted by atomic mass is 10.1. The Balaban J connectivity index is 2.13. The minimum absolute atomic E-state index is 0.204. The van der Waals surface area contributed by atoms with Crippen molar-refractivity contribution in [3.8, 4) is 0 Å². The first-order valence-electron chi connectivity index (χ1n) is 5.86. The number of nitrogens with two attached hydrogens (primary N) is 1. The number of nitrogens with zero attached hydrogens (tertiary/aromatic N) is 1. The number of aromatic nitrogens is 1. The number of hydrogen-bond acceptors (Lipinski definition) is 3. The third-order valence-corrected chi connectivity index (χ3v) is 3.07. The zero-order valence-electron chi connectivity index (χ0n) is 10.4. The fourth-order valence-corrected chi connectivity index (χ4v) is 2.05. The second-order valence-electron chi connectivity index (χ2n) is 4.16. The van der Waals surface area contributed by atoms with Gasteiger partial charge < -0.3 is 11.1 Å². The third-order valence-electron chi connectivity index (χ3n) is 2.72. The minimum atomic E-state index is -0.278. The van der Waals surface area contributed by atoms with Gasteiger partial charge in [0.15, 0.2) is 0 Å². The molecule has 98 valence electrons. The molecule has 2 aromatic rings. The Morgan fingerprint density at radius 2 is 2.00 bits per heavy atom. The van der Waals surface area contributed by atoms with Gasteiger partial charge in [0.2, 0.25) is 0 Å². The largest absolute Gasteiger partial charge is 0.384 e. The summed E-state index contributed by atoms with van der Waals surface area (Å²) in [6, 6.07) is 12.1. The van der Waals surface area contributed by atoms with E-state index in [1.807, 2.05) is 25.1 Å². The van der Waals surface area contributed by atoms with E-state index in [9.17, 15) is 4.79 Å². The molecule has 0 saturated heterocycles.